The van der Waals surface area contributed by atoms with Crippen LogP contribution in [0, 0.1) is 6.92 Å². The number of rotatable bonds is 11. The third kappa shape index (κ3) is 5.92. The van der Waals surface area contributed by atoms with E-state index in [1.54, 1.807) is 14.0 Å². The minimum absolute atomic E-state index is 0.202. The summed E-state index contributed by atoms with van der Waals surface area (Å²) in [5.41, 5.74) is -0.873. The van der Waals surface area contributed by atoms with E-state index < -0.39 is 38.6 Å². The summed E-state index contributed by atoms with van der Waals surface area (Å²) >= 11 is 0. The Morgan fingerprint density at radius 1 is 1.00 bits per heavy atom. The number of methoxy groups -OCH3 is 1. The maximum atomic E-state index is 13.1. The van der Waals surface area contributed by atoms with E-state index in [1.165, 1.54) is 10.8 Å². The molecule has 1 saturated heterocycles. The first-order chi connectivity index (χ1) is 19.1. The Balaban J connectivity index is 1.69. The summed E-state index contributed by atoms with van der Waals surface area (Å²) in [6, 6.07) is 20.7. The molecule has 2 heterocycles. The van der Waals surface area contributed by atoms with Gasteiger partial charge in [-0.1, -0.05) is 81.4 Å². The number of aryl methyl sites for hydroxylation is 1. The summed E-state index contributed by atoms with van der Waals surface area (Å²) < 4.78 is 26.9. The van der Waals surface area contributed by atoms with Crippen molar-refractivity contribution >= 4 is 18.7 Å². The van der Waals surface area contributed by atoms with Crippen molar-refractivity contribution in [3.05, 3.63) is 93.3 Å². The Labute approximate surface area is 236 Å². The lowest BCUT2D eigenvalue weighted by Gasteiger charge is -2.43. The van der Waals surface area contributed by atoms with Gasteiger partial charge in [-0.25, -0.2) is 9.36 Å². The Hall–Kier alpha value is -2.86. The molecule has 10 heteroatoms. The van der Waals surface area contributed by atoms with Crippen LogP contribution in [0.2, 0.25) is 5.04 Å². The first-order valence-corrected chi connectivity index (χ1v) is 15.5. The first kappa shape index (κ1) is 30.1. The molecule has 1 aliphatic rings. The monoisotopic (exact) mass is 568 g/mol. The molecule has 0 saturated carbocycles. The number of hydrogen-bond acceptors (Lipinski definition) is 7. The van der Waals surface area contributed by atoms with Crippen LogP contribution < -0.4 is 21.6 Å². The summed E-state index contributed by atoms with van der Waals surface area (Å²) in [7, 11) is -1.21. The van der Waals surface area contributed by atoms with Crippen molar-refractivity contribution in [2.75, 3.05) is 26.9 Å². The molecular weight excluding hydrogens is 528 g/mol. The Kier molecular flexibility index (Phi) is 9.60. The topological polar surface area (TPSA) is 101 Å². The third-order valence-corrected chi connectivity index (χ3v) is 12.5. The quantitative estimate of drug-likeness (QED) is 0.280. The highest BCUT2D eigenvalue weighted by Crippen LogP contribution is 2.38. The number of nitrogens with zero attached hydrogens (tertiary/aromatic N) is 2. The van der Waals surface area contributed by atoms with Gasteiger partial charge in [-0.3, -0.25) is 9.36 Å². The maximum absolute atomic E-state index is 13.1. The van der Waals surface area contributed by atoms with E-state index in [9.17, 15) is 14.7 Å². The predicted molar refractivity (Wildman–Crippen MR) is 156 cm³/mol. The van der Waals surface area contributed by atoms with E-state index in [0.717, 1.165) is 14.9 Å². The second-order valence-corrected chi connectivity index (χ2v) is 15.4. The van der Waals surface area contributed by atoms with Crippen LogP contribution in [-0.2, 0) is 25.4 Å². The summed E-state index contributed by atoms with van der Waals surface area (Å²) in [6.45, 7) is 8.53. The molecule has 0 spiro atoms. The van der Waals surface area contributed by atoms with Gasteiger partial charge < -0.3 is 23.7 Å². The van der Waals surface area contributed by atoms with Crippen LogP contribution in [0.1, 0.15) is 39.0 Å². The van der Waals surface area contributed by atoms with Gasteiger partial charge in [-0.05, 0) is 22.3 Å². The largest absolute Gasteiger partial charge is 0.405 e. The molecule has 2 aromatic carbocycles. The summed E-state index contributed by atoms with van der Waals surface area (Å²) in [5.74, 6) is 0. The maximum Gasteiger partial charge on any atom is 0.335 e. The molecule has 3 aromatic rings. The van der Waals surface area contributed by atoms with Gasteiger partial charge in [0, 0.05) is 25.3 Å². The van der Waals surface area contributed by atoms with E-state index in [2.05, 4.69) is 45.0 Å². The number of benzene rings is 2. The lowest BCUT2D eigenvalue weighted by molar-refractivity contribution is -0.0786. The number of aliphatic hydroxyl groups excluding tert-OH is 1. The van der Waals surface area contributed by atoms with E-state index in [4.69, 9.17) is 18.6 Å². The molecule has 9 nitrogen and oxygen atoms in total. The zero-order chi connectivity index (χ0) is 28.9. The van der Waals surface area contributed by atoms with Crippen LogP contribution in [0.15, 0.2) is 76.4 Å². The van der Waals surface area contributed by atoms with E-state index in [-0.39, 0.29) is 11.1 Å². The van der Waals surface area contributed by atoms with Crippen LogP contribution in [0.5, 0.6) is 0 Å². The molecule has 1 aromatic heterocycles. The number of hydrogen-bond donors (Lipinski definition) is 1. The number of ether oxygens (including phenoxy) is 3. The molecule has 1 N–H and O–H groups in total. The average molecular weight is 569 g/mol. The highest BCUT2D eigenvalue weighted by Gasteiger charge is 2.51. The Bertz CT molecular complexity index is 1330. The van der Waals surface area contributed by atoms with Crippen molar-refractivity contribution in [3.8, 4) is 0 Å². The fourth-order valence-electron chi connectivity index (χ4n) is 5.55. The molecule has 40 heavy (non-hydrogen) atoms. The van der Waals surface area contributed by atoms with Crippen molar-refractivity contribution < 1.29 is 23.7 Å². The fraction of sp³-hybridized carbons (Fsp3) is 0.467. The first-order valence-electron chi connectivity index (χ1n) is 13.6. The normalized spacial score (nSPS) is 19.7. The summed E-state index contributed by atoms with van der Waals surface area (Å²) in [5, 5.41) is 11.8. The summed E-state index contributed by atoms with van der Waals surface area (Å²) in [6.07, 6.45) is 0.301. The fourth-order valence-corrected chi connectivity index (χ4v) is 10.1. The van der Waals surface area contributed by atoms with E-state index >= 15 is 0 Å². The van der Waals surface area contributed by atoms with Crippen molar-refractivity contribution in [1.82, 2.24) is 9.13 Å². The van der Waals surface area contributed by atoms with Crippen molar-refractivity contribution in [2.45, 2.75) is 64.3 Å². The SMILES string of the molecule is COCCOC1C[C@H](CO[Si](c2ccccc2)(c2ccccc2)C(C)(C)C)O[C@@H]1n1cc(C)c(=O)n(CO)c1=O. The van der Waals surface area contributed by atoms with Gasteiger partial charge in [0.2, 0.25) is 0 Å². The number of aromatic nitrogens is 2. The zero-order valence-corrected chi connectivity index (χ0v) is 24.9. The molecule has 1 aliphatic heterocycles. The smallest absolute Gasteiger partial charge is 0.335 e. The Morgan fingerprint density at radius 2 is 1.60 bits per heavy atom. The minimum Gasteiger partial charge on any atom is -0.405 e. The Morgan fingerprint density at radius 3 is 2.12 bits per heavy atom. The molecule has 0 amide bonds. The molecular formula is C30H40N2O7Si. The van der Waals surface area contributed by atoms with Crippen LogP contribution in [0.25, 0.3) is 0 Å². The van der Waals surface area contributed by atoms with Crippen molar-refractivity contribution in [1.29, 1.82) is 0 Å². The van der Waals surface area contributed by atoms with Gasteiger partial charge in [0.25, 0.3) is 13.9 Å². The van der Waals surface area contributed by atoms with Crippen LogP contribution in [0.4, 0.5) is 0 Å². The highest BCUT2D eigenvalue weighted by atomic mass is 28.4. The number of aliphatic hydroxyl groups is 1. The molecule has 4 rings (SSSR count). The standard InChI is InChI=1S/C30H40N2O7Si/c1-22-19-31(29(35)32(21-33)27(22)34)28-26(37-17-16-36-5)18-23(39-28)20-38-40(30(2,3)4,24-12-8-6-9-13-24)25-14-10-7-11-15-25/h6-15,19,23,26,28,33H,16-18,20-21H2,1-5H3/t23-,26?,28+/m1/s1. The molecule has 1 unspecified atom stereocenters. The molecule has 216 valence electrons. The van der Waals surface area contributed by atoms with Gasteiger partial charge in [0.05, 0.1) is 25.9 Å². The molecule has 0 radical (unpaired) electrons. The molecule has 3 atom stereocenters. The zero-order valence-electron chi connectivity index (χ0n) is 23.9. The average Bonchev–Trinajstić information content (AvgIpc) is 3.34. The lowest BCUT2D eigenvalue weighted by atomic mass is 10.2. The van der Waals surface area contributed by atoms with Gasteiger partial charge in [-0.15, -0.1) is 0 Å². The summed E-state index contributed by atoms with van der Waals surface area (Å²) in [4.78, 5) is 25.5. The van der Waals surface area contributed by atoms with Gasteiger partial charge >= 0.3 is 5.69 Å². The minimum atomic E-state index is -2.80. The predicted octanol–water partition coefficient (Wildman–Crippen LogP) is 2.16. The van der Waals surface area contributed by atoms with E-state index in [1.807, 2.05) is 36.4 Å². The van der Waals surface area contributed by atoms with Crippen LogP contribution >= 0.6 is 0 Å². The van der Waals surface area contributed by atoms with Gasteiger partial charge in [0.15, 0.2) is 6.23 Å². The molecule has 1 fully saturated rings. The van der Waals surface area contributed by atoms with Gasteiger partial charge in [-0.2, -0.15) is 0 Å². The van der Waals surface area contributed by atoms with Crippen molar-refractivity contribution in [3.63, 3.8) is 0 Å². The van der Waals surface area contributed by atoms with Crippen molar-refractivity contribution in [2.24, 2.45) is 0 Å². The van der Waals surface area contributed by atoms with Gasteiger partial charge in [0.1, 0.15) is 12.8 Å². The third-order valence-electron chi connectivity index (χ3n) is 7.45. The lowest BCUT2D eigenvalue weighted by Crippen LogP contribution is -2.67. The second kappa shape index (κ2) is 12.8. The van der Waals surface area contributed by atoms with Crippen LogP contribution in [0.3, 0.4) is 0 Å². The van der Waals surface area contributed by atoms with E-state index in [0.29, 0.717) is 31.8 Å². The second-order valence-electron chi connectivity index (χ2n) is 11.1. The highest BCUT2D eigenvalue weighted by molar-refractivity contribution is 6.99. The molecule has 0 bridgehead atoms. The van der Waals surface area contributed by atoms with Crippen LogP contribution in [-0.4, -0.2) is 61.7 Å². The molecule has 0 aliphatic carbocycles.